The first-order chi connectivity index (χ1) is 12.4. The maximum absolute atomic E-state index is 12.3. The summed E-state index contributed by atoms with van der Waals surface area (Å²) < 4.78 is 12.3. The standard InChI is InChI=1S/C21H26INO3/c1-14(2)9-10-26-19-8-6-16(11-20(19)25-4)13-23-21(24)17-7-5-15(3)18(22)12-17/h5-8,11-12,14H,9-10,13H2,1-4H3,(H,23,24). The van der Waals surface area contributed by atoms with E-state index in [1.165, 1.54) is 5.56 Å². The number of benzene rings is 2. The van der Waals surface area contributed by atoms with Gasteiger partial charge in [-0.05, 0) is 77.2 Å². The first-order valence-corrected chi connectivity index (χ1v) is 9.82. The largest absolute Gasteiger partial charge is 0.493 e. The Morgan fingerprint density at radius 1 is 1.15 bits per heavy atom. The highest BCUT2D eigenvalue weighted by molar-refractivity contribution is 14.1. The van der Waals surface area contributed by atoms with E-state index < -0.39 is 0 Å². The van der Waals surface area contributed by atoms with Crippen molar-refractivity contribution < 1.29 is 14.3 Å². The van der Waals surface area contributed by atoms with Crippen LogP contribution in [0.15, 0.2) is 36.4 Å². The van der Waals surface area contributed by atoms with Crippen molar-refractivity contribution >= 4 is 28.5 Å². The Morgan fingerprint density at radius 3 is 2.58 bits per heavy atom. The molecule has 0 aliphatic rings. The van der Waals surface area contributed by atoms with Crippen molar-refractivity contribution in [3.63, 3.8) is 0 Å². The van der Waals surface area contributed by atoms with Gasteiger partial charge >= 0.3 is 0 Å². The minimum absolute atomic E-state index is 0.0841. The number of rotatable bonds is 8. The summed E-state index contributed by atoms with van der Waals surface area (Å²) in [5.41, 5.74) is 2.80. The van der Waals surface area contributed by atoms with Gasteiger partial charge in [-0.1, -0.05) is 26.0 Å². The zero-order chi connectivity index (χ0) is 19.1. The van der Waals surface area contributed by atoms with E-state index in [2.05, 4.69) is 41.8 Å². The van der Waals surface area contributed by atoms with Crippen LogP contribution in [0.2, 0.25) is 0 Å². The van der Waals surface area contributed by atoms with Crippen molar-refractivity contribution in [2.45, 2.75) is 33.7 Å². The highest BCUT2D eigenvalue weighted by Crippen LogP contribution is 2.28. The van der Waals surface area contributed by atoms with E-state index in [0.717, 1.165) is 21.3 Å². The molecule has 0 heterocycles. The number of hydrogen-bond donors (Lipinski definition) is 1. The van der Waals surface area contributed by atoms with Crippen molar-refractivity contribution in [2.75, 3.05) is 13.7 Å². The summed E-state index contributed by atoms with van der Waals surface area (Å²) in [5.74, 6) is 1.93. The molecule has 1 N–H and O–H groups in total. The number of carbonyl (C=O) groups excluding carboxylic acids is 1. The molecule has 26 heavy (non-hydrogen) atoms. The molecule has 4 nitrogen and oxygen atoms in total. The van der Waals surface area contributed by atoms with Gasteiger partial charge in [0.05, 0.1) is 13.7 Å². The third-order valence-electron chi connectivity index (χ3n) is 4.07. The lowest BCUT2D eigenvalue weighted by Crippen LogP contribution is -2.23. The number of nitrogens with one attached hydrogen (secondary N) is 1. The highest BCUT2D eigenvalue weighted by atomic mass is 127. The lowest BCUT2D eigenvalue weighted by atomic mass is 10.1. The Labute approximate surface area is 169 Å². The normalized spacial score (nSPS) is 10.7. The van der Waals surface area contributed by atoms with Crippen LogP contribution in [0.25, 0.3) is 0 Å². The molecule has 2 aromatic carbocycles. The number of methoxy groups -OCH3 is 1. The molecule has 0 aromatic heterocycles. The number of carbonyl (C=O) groups is 1. The van der Waals surface area contributed by atoms with Gasteiger partial charge < -0.3 is 14.8 Å². The van der Waals surface area contributed by atoms with Crippen molar-refractivity contribution in [3.8, 4) is 11.5 Å². The molecule has 0 aliphatic heterocycles. The Kier molecular flexibility index (Phi) is 7.75. The number of halogens is 1. The number of ether oxygens (including phenoxy) is 2. The summed E-state index contributed by atoms with van der Waals surface area (Å²) in [5, 5.41) is 2.95. The third-order valence-corrected chi connectivity index (χ3v) is 5.23. The van der Waals surface area contributed by atoms with Crippen LogP contribution < -0.4 is 14.8 Å². The van der Waals surface area contributed by atoms with Crippen LogP contribution in [0.3, 0.4) is 0 Å². The second-order valence-corrected chi connectivity index (χ2v) is 7.83. The Balaban J connectivity index is 1.98. The SMILES string of the molecule is COc1cc(CNC(=O)c2ccc(C)c(I)c2)ccc1OCCC(C)C. The summed E-state index contributed by atoms with van der Waals surface area (Å²) in [6, 6.07) is 11.5. The van der Waals surface area contributed by atoms with E-state index in [4.69, 9.17) is 9.47 Å². The lowest BCUT2D eigenvalue weighted by Gasteiger charge is -2.13. The van der Waals surface area contributed by atoms with Gasteiger partial charge in [0.1, 0.15) is 0 Å². The lowest BCUT2D eigenvalue weighted by molar-refractivity contribution is 0.0951. The predicted molar refractivity (Wildman–Crippen MR) is 113 cm³/mol. The van der Waals surface area contributed by atoms with Crippen LogP contribution in [-0.2, 0) is 6.54 Å². The zero-order valence-electron chi connectivity index (χ0n) is 15.8. The summed E-state index contributed by atoms with van der Waals surface area (Å²) >= 11 is 2.24. The maximum atomic E-state index is 12.3. The fraction of sp³-hybridized carbons (Fsp3) is 0.381. The molecular weight excluding hydrogens is 441 g/mol. The molecule has 0 fully saturated rings. The second kappa shape index (κ2) is 9.80. The third kappa shape index (κ3) is 5.90. The van der Waals surface area contributed by atoms with Gasteiger partial charge in [-0.25, -0.2) is 0 Å². The van der Waals surface area contributed by atoms with Crippen LogP contribution in [0.5, 0.6) is 11.5 Å². The monoisotopic (exact) mass is 467 g/mol. The number of amides is 1. The van der Waals surface area contributed by atoms with E-state index in [1.807, 2.05) is 43.3 Å². The Morgan fingerprint density at radius 2 is 1.92 bits per heavy atom. The molecule has 0 saturated carbocycles. The molecule has 0 spiro atoms. The van der Waals surface area contributed by atoms with Crippen molar-refractivity contribution in [3.05, 3.63) is 56.7 Å². The second-order valence-electron chi connectivity index (χ2n) is 6.66. The van der Waals surface area contributed by atoms with Crippen LogP contribution in [0, 0.1) is 16.4 Å². The highest BCUT2D eigenvalue weighted by Gasteiger charge is 2.10. The first-order valence-electron chi connectivity index (χ1n) is 8.74. The van der Waals surface area contributed by atoms with Crippen molar-refractivity contribution in [2.24, 2.45) is 5.92 Å². The van der Waals surface area contributed by atoms with Gasteiger partial charge in [0.15, 0.2) is 11.5 Å². The first kappa shape index (κ1) is 20.6. The average Bonchev–Trinajstić information content (AvgIpc) is 2.62. The molecule has 0 aliphatic carbocycles. The van der Waals surface area contributed by atoms with Crippen LogP contribution in [-0.4, -0.2) is 19.6 Å². The topological polar surface area (TPSA) is 47.6 Å². The number of hydrogen-bond acceptors (Lipinski definition) is 3. The summed E-state index contributed by atoms with van der Waals surface area (Å²) in [7, 11) is 1.63. The minimum Gasteiger partial charge on any atom is -0.493 e. The molecule has 0 radical (unpaired) electrons. The fourth-order valence-electron chi connectivity index (χ4n) is 2.36. The Bertz CT molecular complexity index is 759. The summed E-state index contributed by atoms with van der Waals surface area (Å²) in [4.78, 5) is 12.3. The summed E-state index contributed by atoms with van der Waals surface area (Å²) in [6.07, 6.45) is 0.996. The molecule has 5 heteroatoms. The molecule has 0 bridgehead atoms. The molecule has 0 atom stereocenters. The average molecular weight is 467 g/mol. The molecular formula is C21H26INO3. The van der Waals surface area contributed by atoms with E-state index in [1.54, 1.807) is 7.11 Å². The van der Waals surface area contributed by atoms with E-state index in [9.17, 15) is 4.79 Å². The quantitative estimate of drug-likeness (QED) is 0.559. The fourth-order valence-corrected chi connectivity index (χ4v) is 2.88. The van der Waals surface area contributed by atoms with Gasteiger partial charge in [0.25, 0.3) is 5.91 Å². The van der Waals surface area contributed by atoms with Crippen molar-refractivity contribution in [1.82, 2.24) is 5.32 Å². The smallest absolute Gasteiger partial charge is 0.251 e. The summed E-state index contributed by atoms with van der Waals surface area (Å²) in [6.45, 7) is 7.46. The van der Waals surface area contributed by atoms with Gasteiger partial charge in [-0.15, -0.1) is 0 Å². The predicted octanol–water partition coefficient (Wildman–Crippen LogP) is 4.96. The van der Waals surface area contributed by atoms with Crippen LogP contribution >= 0.6 is 22.6 Å². The molecule has 0 unspecified atom stereocenters. The van der Waals surface area contributed by atoms with Crippen LogP contribution in [0.1, 0.15) is 41.8 Å². The molecule has 1 amide bonds. The van der Waals surface area contributed by atoms with Gasteiger partial charge in [0, 0.05) is 15.7 Å². The molecule has 0 saturated heterocycles. The maximum Gasteiger partial charge on any atom is 0.251 e. The van der Waals surface area contributed by atoms with E-state index >= 15 is 0 Å². The number of aryl methyl sites for hydroxylation is 1. The molecule has 2 aromatic rings. The van der Waals surface area contributed by atoms with Crippen molar-refractivity contribution in [1.29, 1.82) is 0 Å². The Hall–Kier alpha value is -1.76. The molecule has 2 rings (SSSR count). The molecule has 140 valence electrons. The van der Waals surface area contributed by atoms with Gasteiger partial charge in [-0.3, -0.25) is 4.79 Å². The van der Waals surface area contributed by atoms with Gasteiger partial charge in [0.2, 0.25) is 0 Å². The van der Waals surface area contributed by atoms with E-state index in [-0.39, 0.29) is 5.91 Å². The van der Waals surface area contributed by atoms with E-state index in [0.29, 0.717) is 30.4 Å². The zero-order valence-corrected chi connectivity index (χ0v) is 17.9. The van der Waals surface area contributed by atoms with Gasteiger partial charge in [-0.2, -0.15) is 0 Å². The van der Waals surface area contributed by atoms with Crippen LogP contribution in [0.4, 0.5) is 0 Å². The minimum atomic E-state index is -0.0841.